The highest BCUT2D eigenvalue weighted by atomic mass is 32.2. The molecular weight excluding hydrogens is 476 g/mol. The van der Waals surface area contributed by atoms with Crippen LogP contribution in [-0.4, -0.2) is 85.0 Å². The molecule has 0 aromatic heterocycles. The highest BCUT2D eigenvalue weighted by Gasteiger charge is 2.47. The number of nitrogens with one attached hydrogen (secondary N) is 4. The van der Waals surface area contributed by atoms with E-state index in [-0.39, 0.29) is 59.2 Å². The molecule has 5 aliphatic rings. The Morgan fingerprint density at radius 3 is 2.69 bits per heavy atom. The van der Waals surface area contributed by atoms with Gasteiger partial charge in [-0.15, -0.1) is 11.8 Å². The summed E-state index contributed by atoms with van der Waals surface area (Å²) >= 11 is 1.74. The number of piperidine rings is 2. The Morgan fingerprint density at radius 2 is 1.97 bits per heavy atom. The summed E-state index contributed by atoms with van der Waals surface area (Å²) in [5.74, 6) is 0.649. The number of thioether (sulfide) groups is 1. The van der Waals surface area contributed by atoms with Crippen molar-refractivity contribution in [1.82, 2.24) is 26.2 Å². The van der Waals surface area contributed by atoms with Crippen LogP contribution in [0.4, 0.5) is 0 Å². The maximum atomic E-state index is 13.6. The van der Waals surface area contributed by atoms with Crippen LogP contribution in [0.3, 0.4) is 0 Å². The molecule has 4 N–H and O–H groups in total. The van der Waals surface area contributed by atoms with Crippen LogP contribution in [0, 0.1) is 35.0 Å². The Balaban J connectivity index is 1.17. The zero-order valence-electron chi connectivity index (χ0n) is 21.6. The van der Waals surface area contributed by atoms with Crippen molar-refractivity contribution in [3.8, 4) is 6.07 Å². The predicted molar refractivity (Wildman–Crippen MR) is 139 cm³/mol. The van der Waals surface area contributed by atoms with Gasteiger partial charge in [0.25, 0.3) is 0 Å². The fraction of sp³-hybridized carbons (Fsp3) is 0.885. The van der Waals surface area contributed by atoms with Gasteiger partial charge >= 0.3 is 0 Å². The summed E-state index contributed by atoms with van der Waals surface area (Å²) < 4.78 is 5.86. The Labute approximate surface area is 219 Å². The molecule has 0 aromatic rings. The lowest BCUT2D eigenvalue weighted by molar-refractivity contribution is -0.133. The smallest absolute Gasteiger partial charge is 0.239 e. The molecular formula is C26H42N6O3S. The van der Waals surface area contributed by atoms with Gasteiger partial charge in [-0.05, 0) is 63.8 Å². The topological polar surface area (TPSA) is 119 Å². The van der Waals surface area contributed by atoms with Gasteiger partial charge in [0.05, 0.1) is 24.1 Å². The van der Waals surface area contributed by atoms with Crippen molar-refractivity contribution in [2.24, 2.45) is 23.7 Å². The molecule has 0 spiro atoms. The number of ether oxygens (including phenoxy) is 1. The lowest BCUT2D eigenvalue weighted by Gasteiger charge is -2.44. The highest BCUT2D eigenvalue weighted by molar-refractivity contribution is 8.00. The summed E-state index contributed by atoms with van der Waals surface area (Å²) in [4.78, 5) is 28.5. The second-order valence-electron chi connectivity index (χ2n) is 11.5. The third-order valence-electron chi connectivity index (χ3n) is 9.17. The maximum absolute atomic E-state index is 13.6. The lowest BCUT2D eigenvalue weighted by Crippen LogP contribution is -2.55. The van der Waals surface area contributed by atoms with E-state index in [9.17, 15) is 14.9 Å². The van der Waals surface area contributed by atoms with Crippen molar-refractivity contribution in [3.05, 3.63) is 0 Å². The van der Waals surface area contributed by atoms with E-state index < -0.39 is 0 Å². The predicted octanol–water partition coefficient (Wildman–Crippen LogP) is 1.01. The standard InChI is InChI=1S/C26H42N6O3S/c1-15-9-17(18-10-16(11-27)6-7-22(18)35-2)19(12-29-15)24(33)31-26-30-21-13-32(14-23(21)36-26)25(34)20-5-3-4-8-28-20/h15-23,26,28-30H,3-10,12-14H2,1-2H3,(H,31,33). The molecule has 2 amide bonds. The molecule has 10 heteroatoms. The summed E-state index contributed by atoms with van der Waals surface area (Å²) in [6, 6.07) is 2.99. The minimum atomic E-state index is -0.139. The molecule has 5 fully saturated rings. The number of rotatable bonds is 5. The van der Waals surface area contributed by atoms with Crippen molar-refractivity contribution in [1.29, 1.82) is 5.26 Å². The van der Waals surface area contributed by atoms with Gasteiger partial charge < -0.3 is 25.6 Å². The minimum Gasteiger partial charge on any atom is -0.381 e. The van der Waals surface area contributed by atoms with Crippen LogP contribution in [0.2, 0.25) is 0 Å². The van der Waals surface area contributed by atoms with E-state index in [1.165, 1.54) is 0 Å². The number of hydrogen-bond donors (Lipinski definition) is 4. The number of amides is 2. The van der Waals surface area contributed by atoms with Gasteiger partial charge in [0.2, 0.25) is 11.8 Å². The third-order valence-corrected chi connectivity index (χ3v) is 10.5. The van der Waals surface area contributed by atoms with Gasteiger partial charge in [0.1, 0.15) is 5.50 Å². The molecule has 1 aliphatic carbocycles. The van der Waals surface area contributed by atoms with Gasteiger partial charge in [0.15, 0.2) is 0 Å². The average Bonchev–Trinajstić information content (AvgIpc) is 3.47. The number of carbonyl (C=O) groups is 2. The summed E-state index contributed by atoms with van der Waals surface area (Å²) in [7, 11) is 1.76. The van der Waals surface area contributed by atoms with E-state index in [0.717, 1.165) is 58.0 Å². The van der Waals surface area contributed by atoms with E-state index in [1.54, 1.807) is 18.9 Å². The first-order chi connectivity index (χ1) is 17.5. The first-order valence-electron chi connectivity index (χ1n) is 13.9. The van der Waals surface area contributed by atoms with Crippen molar-refractivity contribution >= 4 is 23.6 Å². The second-order valence-corrected chi connectivity index (χ2v) is 12.8. The minimum absolute atomic E-state index is 0.0347. The number of nitriles is 1. The zero-order chi connectivity index (χ0) is 25.2. The number of methoxy groups -OCH3 is 1. The number of likely N-dealkylation sites (tertiary alicyclic amines) is 1. The van der Waals surface area contributed by atoms with Gasteiger partial charge in [0, 0.05) is 50.0 Å². The summed E-state index contributed by atoms with van der Waals surface area (Å²) in [6.45, 7) is 5.21. The number of hydrogen-bond acceptors (Lipinski definition) is 8. The van der Waals surface area contributed by atoms with Crippen LogP contribution < -0.4 is 21.3 Å². The first kappa shape index (κ1) is 26.2. The molecule has 9 nitrogen and oxygen atoms in total. The van der Waals surface area contributed by atoms with E-state index >= 15 is 0 Å². The molecule has 0 radical (unpaired) electrons. The molecule has 4 heterocycles. The Kier molecular flexibility index (Phi) is 8.43. The molecule has 0 bridgehead atoms. The number of fused-ring (bicyclic) bond motifs is 1. The van der Waals surface area contributed by atoms with Crippen molar-refractivity contribution in [3.63, 3.8) is 0 Å². The van der Waals surface area contributed by atoms with E-state index in [1.807, 2.05) is 4.90 Å². The van der Waals surface area contributed by atoms with Gasteiger partial charge in [-0.3, -0.25) is 14.9 Å². The molecule has 4 aliphatic heterocycles. The molecule has 36 heavy (non-hydrogen) atoms. The van der Waals surface area contributed by atoms with Gasteiger partial charge in [-0.2, -0.15) is 5.26 Å². The number of carbonyl (C=O) groups excluding carboxylic acids is 2. The Morgan fingerprint density at radius 1 is 1.11 bits per heavy atom. The van der Waals surface area contributed by atoms with Crippen LogP contribution in [0.15, 0.2) is 0 Å². The third kappa shape index (κ3) is 5.56. The van der Waals surface area contributed by atoms with Crippen molar-refractivity contribution < 1.29 is 14.3 Å². The van der Waals surface area contributed by atoms with Gasteiger partial charge in [-0.25, -0.2) is 0 Å². The Hall–Kier alpha value is -1.38. The quantitative estimate of drug-likeness (QED) is 0.426. The molecule has 200 valence electrons. The largest absolute Gasteiger partial charge is 0.381 e. The molecule has 0 aromatic carbocycles. The van der Waals surface area contributed by atoms with Crippen molar-refractivity contribution in [2.45, 2.75) is 86.8 Å². The second kappa shape index (κ2) is 11.6. The fourth-order valence-electron chi connectivity index (χ4n) is 7.19. The van der Waals surface area contributed by atoms with E-state index in [4.69, 9.17) is 4.74 Å². The fourth-order valence-corrected chi connectivity index (χ4v) is 8.60. The Bertz CT molecular complexity index is 834. The molecule has 4 saturated heterocycles. The normalized spacial score (nSPS) is 43.0. The number of nitrogens with zero attached hydrogens (tertiary/aromatic N) is 2. The highest BCUT2D eigenvalue weighted by Crippen LogP contribution is 2.42. The van der Waals surface area contributed by atoms with Crippen LogP contribution in [0.1, 0.15) is 51.9 Å². The van der Waals surface area contributed by atoms with Crippen molar-refractivity contribution in [2.75, 3.05) is 33.3 Å². The van der Waals surface area contributed by atoms with Gasteiger partial charge in [-0.1, -0.05) is 6.42 Å². The molecule has 10 atom stereocenters. The van der Waals surface area contributed by atoms with Crippen LogP contribution >= 0.6 is 11.8 Å². The van der Waals surface area contributed by atoms with E-state index in [0.29, 0.717) is 24.4 Å². The zero-order valence-corrected chi connectivity index (χ0v) is 22.4. The monoisotopic (exact) mass is 518 g/mol. The van der Waals surface area contributed by atoms with Crippen LogP contribution in [0.5, 0.6) is 0 Å². The average molecular weight is 519 g/mol. The van der Waals surface area contributed by atoms with Crippen LogP contribution in [-0.2, 0) is 14.3 Å². The molecule has 5 rings (SSSR count). The maximum Gasteiger partial charge on any atom is 0.239 e. The van der Waals surface area contributed by atoms with Crippen LogP contribution in [0.25, 0.3) is 0 Å². The first-order valence-corrected chi connectivity index (χ1v) is 14.8. The molecule has 1 saturated carbocycles. The summed E-state index contributed by atoms with van der Waals surface area (Å²) in [5, 5.41) is 23.6. The summed E-state index contributed by atoms with van der Waals surface area (Å²) in [6.07, 6.45) is 6.81. The SMILES string of the molecule is COC1CCC(C#N)CC1C1CC(C)NCC1C(=O)NC1NC2CN(C(=O)C3CCCCN3)CC2S1. The summed E-state index contributed by atoms with van der Waals surface area (Å²) in [5.41, 5.74) is -0.131. The van der Waals surface area contributed by atoms with E-state index in [2.05, 4.69) is 34.3 Å². The molecule has 10 unspecified atom stereocenters. The lowest BCUT2D eigenvalue weighted by atomic mass is 9.66.